The van der Waals surface area contributed by atoms with E-state index in [1.807, 2.05) is 27.2 Å². The summed E-state index contributed by atoms with van der Waals surface area (Å²) in [5.74, 6) is -0.202. The van der Waals surface area contributed by atoms with E-state index in [4.69, 9.17) is 9.05 Å². The van der Waals surface area contributed by atoms with Crippen molar-refractivity contribution in [3.05, 3.63) is 48.6 Å². The lowest BCUT2D eigenvalue weighted by molar-refractivity contribution is -0.870. The van der Waals surface area contributed by atoms with Crippen LogP contribution in [-0.4, -0.2) is 73.4 Å². The molecular weight excluding hydrogens is 707 g/mol. The van der Waals surface area contributed by atoms with Crippen LogP contribution in [0.25, 0.3) is 0 Å². The van der Waals surface area contributed by atoms with Crippen LogP contribution in [0.2, 0.25) is 0 Å². The molecule has 0 radical (unpaired) electrons. The number of hydrogen-bond donors (Lipinski definition) is 3. The molecule has 0 aromatic rings. The van der Waals surface area contributed by atoms with Gasteiger partial charge in [-0.15, -0.1) is 0 Å². The van der Waals surface area contributed by atoms with Crippen LogP contribution in [0.5, 0.6) is 0 Å². The second kappa shape index (κ2) is 38.0. The molecule has 0 aromatic carbocycles. The zero-order valence-electron chi connectivity index (χ0n) is 36.4. The van der Waals surface area contributed by atoms with Gasteiger partial charge in [0, 0.05) is 6.42 Å². The standard InChI is InChI=1S/C46H87N2O6P/c1-6-8-10-12-14-16-18-20-22-23-24-26-27-29-31-33-35-37-39-45(49)44(43-54-55(51,52)53-42-41-48(3,4)5)47-46(50)40-38-36-34-32-30-28-25-21-19-17-15-13-11-9-7-2/h21,23-25,29,31,37,39,44-45,49H,6-20,22,26-28,30,32-36,38,40-43H2,1-5H3,(H-,47,50,51,52)/p+1/b24-23+,25-21-,31-29+,39-37+. The minimum Gasteiger partial charge on any atom is -0.387 e. The first-order valence-corrected chi connectivity index (χ1v) is 24.0. The number of amides is 1. The summed E-state index contributed by atoms with van der Waals surface area (Å²) >= 11 is 0. The summed E-state index contributed by atoms with van der Waals surface area (Å²) in [6.07, 6.45) is 47.5. The Morgan fingerprint density at radius 2 is 1.00 bits per heavy atom. The van der Waals surface area contributed by atoms with E-state index in [9.17, 15) is 19.4 Å². The minimum atomic E-state index is -4.35. The van der Waals surface area contributed by atoms with E-state index in [-0.39, 0.29) is 19.1 Å². The highest BCUT2D eigenvalue weighted by Gasteiger charge is 2.27. The molecule has 0 heterocycles. The van der Waals surface area contributed by atoms with Crippen LogP contribution in [0, 0.1) is 0 Å². The van der Waals surface area contributed by atoms with Crippen molar-refractivity contribution >= 4 is 13.7 Å². The molecule has 0 aromatic heterocycles. The Morgan fingerprint density at radius 3 is 1.45 bits per heavy atom. The molecule has 0 saturated heterocycles. The number of carbonyl (C=O) groups is 1. The summed E-state index contributed by atoms with van der Waals surface area (Å²) < 4.78 is 23.5. The molecule has 322 valence electrons. The average molecular weight is 796 g/mol. The fourth-order valence-electron chi connectivity index (χ4n) is 6.12. The van der Waals surface area contributed by atoms with Crippen molar-refractivity contribution in [2.45, 2.75) is 199 Å². The van der Waals surface area contributed by atoms with Gasteiger partial charge in [0.15, 0.2) is 0 Å². The Bertz CT molecular complexity index is 1040. The smallest absolute Gasteiger partial charge is 0.387 e. The maximum absolute atomic E-state index is 12.9. The van der Waals surface area contributed by atoms with Gasteiger partial charge in [-0.3, -0.25) is 13.8 Å². The van der Waals surface area contributed by atoms with Gasteiger partial charge in [0.25, 0.3) is 0 Å². The number of phosphoric ester groups is 1. The summed E-state index contributed by atoms with van der Waals surface area (Å²) in [5.41, 5.74) is 0. The average Bonchev–Trinajstić information content (AvgIpc) is 3.13. The molecule has 0 fully saturated rings. The van der Waals surface area contributed by atoms with E-state index in [0.717, 1.165) is 57.8 Å². The predicted octanol–water partition coefficient (Wildman–Crippen LogP) is 12.5. The molecule has 0 spiro atoms. The lowest BCUT2D eigenvalue weighted by atomic mass is 10.1. The monoisotopic (exact) mass is 796 g/mol. The zero-order chi connectivity index (χ0) is 40.7. The number of unbranched alkanes of at least 4 members (excludes halogenated alkanes) is 21. The van der Waals surface area contributed by atoms with E-state index in [1.54, 1.807) is 6.08 Å². The van der Waals surface area contributed by atoms with Crippen molar-refractivity contribution < 1.29 is 32.9 Å². The van der Waals surface area contributed by atoms with Crippen LogP contribution in [0.4, 0.5) is 0 Å². The number of aliphatic hydroxyl groups excluding tert-OH is 1. The topological polar surface area (TPSA) is 105 Å². The number of aliphatic hydroxyl groups is 1. The van der Waals surface area contributed by atoms with E-state index in [1.165, 1.54) is 109 Å². The van der Waals surface area contributed by atoms with Gasteiger partial charge in [-0.05, 0) is 70.6 Å². The lowest BCUT2D eigenvalue weighted by Gasteiger charge is -2.25. The largest absolute Gasteiger partial charge is 0.472 e. The van der Waals surface area contributed by atoms with Crippen molar-refractivity contribution in [3.63, 3.8) is 0 Å². The molecule has 8 nitrogen and oxygen atoms in total. The van der Waals surface area contributed by atoms with Gasteiger partial charge < -0.3 is 19.8 Å². The minimum absolute atomic E-state index is 0.0509. The van der Waals surface area contributed by atoms with Crippen LogP contribution in [0.15, 0.2) is 48.6 Å². The molecule has 3 unspecified atom stereocenters. The summed E-state index contributed by atoms with van der Waals surface area (Å²) in [4.78, 5) is 23.1. The van der Waals surface area contributed by atoms with Crippen LogP contribution < -0.4 is 5.32 Å². The summed E-state index contributed by atoms with van der Waals surface area (Å²) in [7, 11) is 1.54. The SMILES string of the molecule is CCCCCCCC/C=C\CCCCCCCC(=O)NC(COP(=O)(O)OCC[N+](C)(C)C)C(O)/C=C/CC/C=C/CC/C=C/CCCCCCCCCC. The highest BCUT2D eigenvalue weighted by Crippen LogP contribution is 2.43. The Balaban J connectivity index is 4.53. The maximum atomic E-state index is 12.9. The van der Waals surface area contributed by atoms with Gasteiger partial charge in [0.05, 0.1) is 39.9 Å². The van der Waals surface area contributed by atoms with E-state index < -0.39 is 20.0 Å². The van der Waals surface area contributed by atoms with Crippen LogP contribution >= 0.6 is 7.82 Å². The third kappa shape index (κ3) is 40.5. The van der Waals surface area contributed by atoms with Crippen LogP contribution in [0.1, 0.15) is 187 Å². The molecule has 55 heavy (non-hydrogen) atoms. The number of phosphoric acid groups is 1. The van der Waals surface area contributed by atoms with Crippen molar-refractivity contribution in [3.8, 4) is 0 Å². The first-order valence-electron chi connectivity index (χ1n) is 22.5. The summed E-state index contributed by atoms with van der Waals surface area (Å²) in [6.45, 7) is 4.76. The van der Waals surface area contributed by atoms with E-state index in [0.29, 0.717) is 17.4 Å². The molecule has 0 aliphatic heterocycles. The molecule has 0 aliphatic rings. The third-order valence-corrected chi connectivity index (χ3v) is 10.7. The zero-order valence-corrected chi connectivity index (χ0v) is 37.3. The number of likely N-dealkylation sites (N-methyl/N-ethyl adjacent to an activating group) is 1. The van der Waals surface area contributed by atoms with Gasteiger partial charge in [-0.1, -0.05) is 159 Å². The fourth-order valence-corrected chi connectivity index (χ4v) is 6.86. The normalized spacial score (nSPS) is 14.8. The highest BCUT2D eigenvalue weighted by atomic mass is 31.2. The lowest BCUT2D eigenvalue weighted by Crippen LogP contribution is -2.45. The van der Waals surface area contributed by atoms with Gasteiger partial charge in [-0.2, -0.15) is 0 Å². The molecule has 3 N–H and O–H groups in total. The Morgan fingerprint density at radius 1 is 0.600 bits per heavy atom. The van der Waals surface area contributed by atoms with Crippen LogP contribution in [0.3, 0.4) is 0 Å². The van der Waals surface area contributed by atoms with E-state index >= 15 is 0 Å². The maximum Gasteiger partial charge on any atom is 0.472 e. The second-order valence-corrected chi connectivity index (χ2v) is 17.9. The molecular formula is C46H88N2O6P+. The van der Waals surface area contributed by atoms with E-state index in [2.05, 4.69) is 55.6 Å². The number of quaternary nitrogens is 1. The first-order chi connectivity index (χ1) is 26.5. The number of nitrogens with zero attached hydrogens (tertiary/aromatic N) is 1. The number of allylic oxidation sites excluding steroid dienone is 7. The second-order valence-electron chi connectivity index (χ2n) is 16.4. The third-order valence-electron chi connectivity index (χ3n) is 9.75. The first kappa shape index (κ1) is 53.5. The summed E-state index contributed by atoms with van der Waals surface area (Å²) in [6, 6.07) is -0.873. The van der Waals surface area contributed by atoms with Crippen LogP contribution in [-0.2, 0) is 18.4 Å². The summed E-state index contributed by atoms with van der Waals surface area (Å²) in [5, 5.41) is 13.8. The van der Waals surface area contributed by atoms with Crippen molar-refractivity contribution in [2.75, 3.05) is 40.9 Å². The molecule has 0 rings (SSSR count). The van der Waals surface area contributed by atoms with Crippen molar-refractivity contribution in [2.24, 2.45) is 0 Å². The van der Waals surface area contributed by atoms with Gasteiger partial charge in [0.1, 0.15) is 13.2 Å². The molecule has 0 bridgehead atoms. The molecule has 3 atom stereocenters. The van der Waals surface area contributed by atoms with Crippen molar-refractivity contribution in [1.29, 1.82) is 0 Å². The number of hydrogen-bond acceptors (Lipinski definition) is 5. The highest BCUT2D eigenvalue weighted by molar-refractivity contribution is 7.47. The van der Waals surface area contributed by atoms with Gasteiger partial charge >= 0.3 is 7.82 Å². The van der Waals surface area contributed by atoms with Crippen molar-refractivity contribution in [1.82, 2.24) is 5.32 Å². The number of carbonyl (C=O) groups excluding carboxylic acids is 1. The predicted molar refractivity (Wildman–Crippen MR) is 235 cm³/mol. The Kier molecular flexibility index (Phi) is 36.9. The van der Waals surface area contributed by atoms with Gasteiger partial charge in [0.2, 0.25) is 5.91 Å². The van der Waals surface area contributed by atoms with Gasteiger partial charge in [-0.25, -0.2) is 4.57 Å². The molecule has 0 saturated carbocycles. The molecule has 1 amide bonds. The quantitative estimate of drug-likeness (QED) is 0.0247. The Labute approximate surface area is 339 Å². The molecule has 9 heteroatoms. The number of nitrogens with one attached hydrogen (secondary N) is 1. The fraction of sp³-hybridized carbons (Fsp3) is 0.804. The molecule has 0 aliphatic carbocycles. The Hall–Kier alpha value is -1.54. The number of rotatable bonds is 40.